The predicted molar refractivity (Wildman–Crippen MR) is 147 cm³/mol. The highest BCUT2D eigenvalue weighted by Crippen LogP contribution is 2.50. The lowest BCUT2D eigenvalue weighted by atomic mass is 9.69. The summed E-state index contributed by atoms with van der Waals surface area (Å²) < 4.78 is 27.7. The minimum Gasteiger partial charge on any atom is -0.497 e. The van der Waals surface area contributed by atoms with Crippen LogP contribution in [-0.4, -0.2) is 46.8 Å². The predicted octanol–water partition coefficient (Wildman–Crippen LogP) is 5.14. The number of nitrogens with one attached hydrogen (secondary N) is 1. The van der Waals surface area contributed by atoms with E-state index in [0.717, 1.165) is 17.0 Å². The van der Waals surface area contributed by atoms with Crippen molar-refractivity contribution in [1.29, 1.82) is 0 Å². The van der Waals surface area contributed by atoms with Crippen LogP contribution in [0, 0.1) is 11.8 Å². The molecule has 1 N–H and O–H groups in total. The Bertz CT molecular complexity index is 1250. The molecule has 0 bridgehead atoms. The number of methoxy groups -OCH3 is 4. The number of ketones is 1. The zero-order valence-corrected chi connectivity index (χ0v) is 23.5. The number of allylic oxidation sites excluding steroid dienone is 2. The molecule has 2 aromatic rings. The normalized spacial score (nSPS) is 20.7. The van der Waals surface area contributed by atoms with Crippen molar-refractivity contribution in [2.75, 3.05) is 35.0 Å². The molecule has 0 spiro atoms. The molecule has 39 heavy (non-hydrogen) atoms. The Morgan fingerprint density at radius 1 is 0.949 bits per heavy atom. The molecule has 0 saturated carbocycles. The molecule has 0 amide bonds. The average molecular weight is 536 g/mol. The van der Waals surface area contributed by atoms with Crippen LogP contribution in [0.1, 0.15) is 49.7 Å². The van der Waals surface area contributed by atoms with Crippen LogP contribution >= 0.6 is 0 Å². The van der Waals surface area contributed by atoms with E-state index in [1.165, 1.54) is 21.3 Å². The van der Waals surface area contributed by atoms with Crippen molar-refractivity contribution in [3.63, 3.8) is 0 Å². The van der Waals surface area contributed by atoms with Gasteiger partial charge in [-0.25, -0.2) is 0 Å². The van der Waals surface area contributed by atoms with Crippen molar-refractivity contribution in [3.8, 4) is 23.0 Å². The molecule has 2 aromatic carbocycles. The number of hydrogen-bond acceptors (Lipinski definition) is 8. The van der Waals surface area contributed by atoms with Gasteiger partial charge in [-0.3, -0.25) is 9.59 Å². The van der Waals surface area contributed by atoms with Gasteiger partial charge in [0.2, 0.25) is 5.75 Å². The molecule has 3 atom stereocenters. The number of benzene rings is 2. The molecule has 8 heteroatoms. The molecule has 3 unspecified atom stereocenters. The van der Waals surface area contributed by atoms with E-state index in [1.807, 2.05) is 38.1 Å². The van der Waals surface area contributed by atoms with Gasteiger partial charge in [0.15, 0.2) is 17.3 Å². The molecule has 1 aliphatic heterocycles. The van der Waals surface area contributed by atoms with Gasteiger partial charge in [0.05, 0.1) is 35.0 Å². The monoisotopic (exact) mass is 535 g/mol. The molecule has 0 radical (unpaired) electrons. The van der Waals surface area contributed by atoms with E-state index >= 15 is 0 Å². The number of carbonyl (C=O) groups is 2. The lowest BCUT2D eigenvalue weighted by molar-refractivity contribution is -0.149. The third kappa shape index (κ3) is 5.60. The van der Waals surface area contributed by atoms with Crippen molar-refractivity contribution in [2.24, 2.45) is 11.8 Å². The van der Waals surface area contributed by atoms with Gasteiger partial charge in [0.25, 0.3) is 0 Å². The van der Waals surface area contributed by atoms with Crippen LogP contribution in [0.3, 0.4) is 0 Å². The second-order valence-corrected chi connectivity index (χ2v) is 10.3. The maximum absolute atomic E-state index is 13.9. The molecule has 2 aliphatic rings. The number of Topliss-reactive ketones (excluding diaryl/α,β-unsaturated/α-hetero) is 1. The molecule has 0 fully saturated rings. The summed E-state index contributed by atoms with van der Waals surface area (Å²) in [4.78, 5) is 27.4. The fourth-order valence-corrected chi connectivity index (χ4v) is 5.42. The number of hydrogen-bond donors (Lipinski definition) is 1. The van der Waals surface area contributed by atoms with Gasteiger partial charge >= 0.3 is 5.97 Å². The Kier molecular flexibility index (Phi) is 8.53. The molecule has 1 heterocycles. The fraction of sp³-hybridized carbons (Fsp3) is 0.419. The molecule has 8 nitrogen and oxygen atoms in total. The second kappa shape index (κ2) is 11.8. The van der Waals surface area contributed by atoms with E-state index in [1.54, 1.807) is 19.2 Å². The van der Waals surface area contributed by atoms with Crippen molar-refractivity contribution in [1.82, 2.24) is 5.32 Å². The van der Waals surface area contributed by atoms with Crippen LogP contribution in [0.25, 0.3) is 0 Å². The second-order valence-electron chi connectivity index (χ2n) is 10.3. The Balaban J connectivity index is 1.83. The van der Waals surface area contributed by atoms with Crippen molar-refractivity contribution in [2.45, 2.75) is 38.5 Å². The molecular formula is C31H37NO7. The van der Waals surface area contributed by atoms with Crippen molar-refractivity contribution < 1.29 is 33.3 Å². The van der Waals surface area contributed by atoms with Gasteiger partial charge in [-0.05, 0) is 53.6 Å². The van der Waals surface area contributed by atoms with E-state index in [4.69, 9.17) is 23.7 Å². The highest BCUT2D eigenvalue weighted by Gasteiger charge is 2.46. The van der Waals surface area contributed by atoms with Crippen LogP contribution in [0.2, 0.25) is 0 Å². The third-order valence-corrected chi connectivity index (χ3v) is 7.29. The SMILES string of the molecule is C=C1NC2=C(C(=O)CC(c3ccc(OC)cc3)C2)C(c2cc(OC)c(OC)c(OC)c2)C1C(=O)OCC(C)C. The quantitative estimate of drug-likeness (QED) is 0.442. The van der Waals surface area contributed by atoms with Crippen LogP contribution in [-0.2, 0) is 14.3 Å². The van der Waals surface area contributed by atoms with Gasteiger partial charge in [-0.1, -0.05) is 32.6 Å². The first-order valence-corrected chi connectivity index (χ1v) is 13.0. The van der Waals surface area contributed by atoms with E-state index < -0.39 is 17.8 Å². The Morgan fingerprint density at radius 2 is 1.59 bits per heavy atom. The Morgan fingerprint density at radius 3 is 2.13 bits per heavy atom. The van der Waals surface area contributed by atoms with Crippen LogP contribution in [0.15, 0.2) is 59.9 Å². The largest absolute Gasteiger partial charge is 0.497 e. The van der Waals surface area contributed by atoms with Gasteiger partial charge in [-0.15, -0.1) is 0 Å². The number of rotatable bonds is 9. The zero-order valence-electron chi connectivity index (χ0n) is 23.5. The lowest BCUT2D eigenvalue weighted by Gasteiger charge is -2.40. The highest BCUT2D eigenvalue weighted by atomic mass is 16.5. The summed E-state index contributed by atoms with van der Waals surface area (Å²) in [5.74, 6) is 0.294. The highest BCUT2D eigenvalue weighted by molar-refractivity contribution is 6.01. The summed E-state index contributed by atoms with van der Waals surface area (Å²) in [6, 6.07) is 11.4. The van der Waals surface area contributed by atoms with Crippen LogP contribution in [0.4, 0.5) is 0 Å². The van der Waals surface area contributed by atoms with E-state index in [2.05, 4.69) is 11.9 Å². The minimum atomic E-state index is -0.813. The molecule has 4 rings (SSSR count). The molecule has 1 aliphatic carbocycles. The average Bonchev–Trinajstić information content (AvgIpc) is 2.94. The molecule has 208 valence electrons. The molecule has 0 saturated heterocycles. The standard InChI is InChI=1S/C31H37NO7/c1-17(2)16-39-31(34)27-18(3)32-23-12-20(19-8-10-22(35-4)11-9-19)13-24(33)29(23)28(27)21-14-25(36-5)30(38-7)26(15-21)37-6/h8-11,14-15,17,20,27-28,32H,3,12-13,16H2,1-2,4-7H3. The maximum Gasteiger partial charge on any atom is 0.315 e. The first kappa shape index (κ1) is 28.1. The first-order chi connectivity index (χ1) is 18.7. The third-order valence-electron chi connectivity index (χ3n) is 7.29. The molecule has 0 aromatic heterocycles. The Hall–Kier alpha value is -3.94. The summed E-state index contributed by atoms with van der Waals surface area (Å²) in [7, 11) is 6.22. The zero-order chi connectivity index (χ0) is 28.3. The van der Waals surface area contributed by atoms with E-state index in [0.29, 0.717) is 46.9 Å². The van der Waals surface area contributed by atoms with E-state index in [9.17, 15) is 9.59 Å². The van der Waals surface area contributed by atoms with Crippen LogP contribution < -0.4 is 24.3 Å². The van der Waals surface area contributed by atoms with Gasteiger partial charge < -0.3 is 29.0 Å². The first-order valence-electron chi connectivity index (χ1n) is 13.0. The summed E-state index contributed by atoms with van der Waals surface area (Å²) >= 11 is 0. The maximum atomic E-state index is 13.9. The van der Waals surface area contributed by atoms with E-state index in [-0.39, 0.29) is 24.2 Å². The summed E-state index contributed by atoms with van der Waals surface area (Å²) in [6.45, 7) is 8.43. The van der Waals surface area contributed by atoms with Gasteiger partial charge in [0, 0.05) is 29.3 Å². The summed E-state index contributed by atoms with van der Waals surface area (Å²) in [5.41, 5.74) is 3.55. The summed E-state index contributed by atoms with van der Waals surface area (Å²) in [6.07, 6.45) is 0.912. The smallest absolute Gasteiger partial charge is 0.315 e. The fourth-order valence-electron chi connectivity index (χ4n) is 5.42. The summed E-state index contributed by atoms with van der Waals surface area (Å²) in [5, 5.41) is 3.32. The van der Waals surface area contributed by atoms with Crippen LogP contribution in [0.5, 0.6) is 23.0 Å². The topological polar surface area (TPSA) is 92.3 Å². The number of ether oxygens (including phenoxy) is 5. The number of carbonyl (C=O) groups excluding carboxylic acids is 2. The van der Waals surface area contributed by atoms with Gasteiger partial charge in [0.1, 0.15) is 11.7 Å². The molecular weight excluding hydrogens is 498 g/mol. The lowest BCUT2D eigenvalue weighted by Crippen LogP contribution is -2.42. The van der Waals surface area contributed by atoms with Crippen molar-refractivity contribution in [3.05, 3.63) is 71.1 Å². The number of esters is 1. The van der Waals surface area contributed by atoms with Crippen molar-refractivity contribution >= 4 is 11.8 Å². The Labute approximate surface area is 229 Å². The van der Waals surface area contributed by atoms with Gasteiger partial charge in [-0.2, -0.15) is 0 Å². The minimum absolute atomic E-state index is 0.0208.